The van der Waals surface area contributed by atoms with Gasteiger partial charge in [0.15, 0.2) is 9.84 Å². The van der Waals surface area contributed by atoms with Crippen LogP contribution in [0.5, 0.6) is 0 Å². The summed E-state index contributed by atoms with van der Waals surface area (Å²) in [5.74, 6) is 0.232. The Balaban J connectivity index is 0.00000162. The number of halogens is 1. The van der Waals surface area contributed by atoms with Crippen LogP contribution in [0.3, 0.4) is 0 Å². The fraction of sp³-hybridized carbons (Fsp3) is 0.909. The molecule has 2 rings (SSSR count). The summed E-state index contributed by atoms with van der Waals surface area (Å²) in [5.41, 5.74) is 0. The van der Waals surface area contributed by atoms with E-state index < -0.39 is 14.6 Å². The van der Waals surface area contributed by atoms with Gasteiger partial charge in [-0.05, 0) is 26.8 Å². The van der Waals surface area contributed by atoms with Crippen LogP contribution >= 0.6 is 12.4 Å². The van der Waals surface area contributed by atoms with Gasteiger partial charge in [0.2, 0.25) is 5.91 Å². The van der Waals surface area contributed by atoms with E-state index in [0.717, 1.165) is 19.5 Å². The van der Waals surface area contributed by atoms with Gasteiger partial charge in [0.1, 0.15) is 0 Å². The minimum atomic E-state index is -3.06. The normalized spacial score (nSPS) is 29.7. The summed E-state index contributed by atoms with van der Waals surface area (Å²) in [7, 11) is -3.06. The standard InChI is InChI=1S/C11H20N2O3S.ClH/c1-11(2)8-13(5-6-17(11,15)16)10(14)9-3-4-12-7-9;/h9,12H,3-8H2,1-2H3;1H. The van der Waals surface area contributed by atoms with E-state index in [1.807, 2.05) is 0 Å². The largest absolute Gasteiger partial charge is 0.340 e. The Morgan fingerprint density at radius 1 is 1.39 bits per heavy atom. The SMILES string of the molecule is CC1(C)CN(C(=O)C2CCNC2)CCS1(=O)=O.Cl. The third kappa shape index (κ3) is 2.81. The van der Waals surface area contributed by atoms with E-state index >= 15 is 0 Å². The predicted molar refractivity (Wildman–Crippen MR) is 72.7 cm³/mol. The third-order valence-corrected chi connectivity index (χ3v) is 6.30. The van der Waals surface area contributed by atoms with E-state index in [1.54, 1.807) is 18.7 Å². The van der Waals surface area contributed by atoms with Crippen LogP contribution in [-0.2, 0) is 14.6 Å². The molecule has 0 bridgehead atoms. The van der Waals surface area contributed by atoms with Crippen molar-refractivity contribution in [1.82, 2.24) is 10.2 Å². The van der Waals surface area contributed by atoms with E-state index in [-0.39, 0.29) is 30.0 Å². The molecule has 0 aromatic carbocycles. The number of hydrogen-bond donors (Lipinski definition) is 1. The van der Waals surface area contributed by atoms with Crippen molar-refractivity contribution in [3.63, 3.8) is 0 Å². The topological polar surface area (TPSA) is 66.5 Å². The predicted octanol–water partition coefficient (Wildman–Crippen LogP) is 0.0533. The number of amides is 1. The molecule has 106 valence electrons. The number of nitrogens with zero attached hydrogens (tertiary/aromatic N) is 1. The van der Waals surface area contributed by atoms with Gasteiger partial charge < -0.3 is 10.2 Å². The highest BCUT2D eigenvalue weighted by molar-refractivity contribution is 7.92. The molecule has 0 radical (unpaired) electrons. The molecule has 0 aliphatic carbocycles. The summed E-state index contributed by atoms with van der Waals surface area (Å²) in [6, 6.07) is 0. The molecule has 0 aromatic heterocycles. The summed E-state index contributed by atoms with van der Waals surface area (Å²) in [6.07, 6.45) is 0.864. The molecule has 7 heteroatoms. The molecule has 1 atom stereocenters. The van der Waals surface area contributed by atoms with E-state index in [0.29, 0.717) is 13.1 Å². The Kier molecular flexibility index (Phi) is 4.67. The first-order valence-electron chi connectivity index (χ1n) is 6.05. The van der Waals surface area contributed by atoms with Crippen LogP contribution in [0.4, 0.5) is 0 Å². The Labute approximate surface area is 115 Å². The highest BCUT2D eigenvalue weighted by atomic mass is 35.5. The zero-order valence-corrected chi connectivity index (χ0v) is 12.4. The number of rotatable bonds is 1. The molecule has 2 fully saturated rings. The molecule has 2 heterocycles. The molecule has 1 amide bonds. The van der Waals surface area contributed by atoms with Crippen molar-refractivity contribution in [3.8, 4) is 0 Å². The fourth-order valence-electron chi connectivity index (χ4n) is 2.46. The molecule has 0 spiro atoms. The van der Waals surface area contributed by atoms with Crippen LogP contribution in [0.15, 0.2) is 0 Å². The molecule has 2 saturated heterocycles. The first kappa shape index (κ1) is 15.7. The van der Waals surface area contributed by atoms with Crippen molar-refractivity contribution in [2.45, 2.75) is 25.0 Å². The van der Waals surface area contributed by atoms with Crippen molar-refractivity contribution in [2.75, 3.05) is 31.9 Å². The molecule has 5 nitrogen and oxygen atoms in total. The zero-order chi connectivity index (χ0) is 12.7. The molecule has 0 saturated carbocycles. The number of carbonyl (C=O) groups excluding carboxylic acids is 1. The number of hydrogen-bond acceptors (Lipinski definition) is 4. The summed E-state index contributed by atoms with van der Waals surface area (Å²) < 4.78 is 22.9. The fourth-order valence-corrected chi connectivity index (χ4v) is 3.82. The van der Waals surface area contributed by atoms with Gasteiger partial charge in [-0.1, -0.05) is 0 Å². The van der Waals surface area contributed by atoms with Gasteiger partial charge in [-0.2, -0.15) is 0 Å². The minimum absolute atomic E-state index is 0. The van der Waals surface area contributed by atoms with Crippen LogP contribution in [0.25, 0.3) is 0 Å². The maximum absolute atomic E-state index is 12.2. The van der Waals surface area contributed by atoms with E-state index in [2.05, 4.69) is 5.32 Å². The highest BCUT2D eigenvalue weighted by Crippen LogP contribution is 2.25. The molecule has 2 aliphatic heterocycles. The van der Waals surface area contributed by atoms with Gasteiger partial charge in [0.05, 0.1) is 16.4 Å². The van der Waals surface area contributed by atoms with Crippen LogP contribution in [0.2, 0.25) is 0 Å². The molecule has 2 aliphatic rings. The van der Waals surface area contributed by atoms with Gasteiger partial charge in [-0.15, -0.1) is 12.4 Å². The third-order valence-electron chi connectivity index (χ3n) is 3.76. The summed E-state index contributed by atoms with van der Waals surface area (Å²) >= 11 is 0. The smallest absolute Gasteiger partial charge is 0.227 e. The van der Waals surface area contributed by atoms with Gasteiger partial charge >= 0.3 is 0 Å². The lowest BCUT2D eigenvalue weighted by Crippen LogP contribution is -2.55. The van der Waals surface area contributed by atoms with E-state index in [4.69, 9.17) is 0 Å². The maximum atomic E-state index is 12.2. The first-order valence-corrected chi connectivity index (χ1v) is 7.70. The van der Waals surface area contributed by atoms with Crippen molar-refractivity contribution in [1.29, 1.82) is 0 Å². The number of nitrogens with one attached hydrogen (secondary N) is 1. The lowest BCUT2D eigenvalue weighted by atomic mass is 10.1. The van der Waals surface area contributed by atoms with Gasteiger partial charge in [0, 0.05) is 19.6 Å². The van der Waals surface area contributed by atoms with E-state index in [9.17, 15) is 13.2 Å². The summed E-state index contributed by atoms with van der Waals surface area (Å²) in [4.78, 5) is 13.9. The van der Waals surface area contributed by atoms with Crippen LogP contribution in [-0.4, -0.2) is 55.9 Å². The number of carbonyl (C=O) groups is 1. The molecule has 18 heavy (non-hydrogen) atoms. The van der Waals surface area contributed by atoms with Crippen LogP contribution in [0.1, 0.15) is 20.3 Å². The second-order valence-corrected chi connectivity index (χ2v) is 8.27. The molecule has 1 N–H and O–H groups in total. The first-order chi connectivity index (χ1) is 7.83. The van der Waals surface area contributed by atoms with Gasteiger partial charge in [-0.3, -0.25) is 4.79 Å². The molecular formula is C11H21ClN2O3S. The van der Waals surface area contributed by atoms with Crippen molar-refractivity contribution >= 4 is 28.2 Å². The average molecular weight is 297 g/mol. The summed E-state index contributed by atoms with van der Waals surface area (Å²) in [6.45, 7) is 5.68. The second kappa shape index (κ2) is 5.35. The van der Waals surface area contributed by atoms with Crippen molar-refractivity contribution in [3.05, 3.63) is 0 Å². The van der Waals surface area contributed by atoms with Crippen LogP contribution < -0.4 is 5.32 Å². The lowest BCUT2D eigenvalue weighted by Gasteiger charge is -2.38. The van der Waals surface area contributed by atoms with E-state index in [1.165, 1.54) is 0 Å². The van der Waals surface area contributed by atoms with Crippen molar-refractivity contribution in [2.24, 2.45) is 5.92 Å². The lowest BCUT2D eigenvalue weighted by molar-refractivity contribution is -0.135. The second-order valence-electron chi connectivity index (χ2n) is 5.53. The molecular weight excluding hydrogens is 276 g/mol. The Morgan fingerprint density at radius 2 is 2.06 bits per heavy atom. The molecule has 0 aromatic rings. The van der Waals surface area contributed by atoms with Crippen molar-refractivity contribution < 1.29 is 13.2 Å². The quantitative estimate of drug-likeness (QED) is 0.743. The van der Waals surface area contributed by atoms with Gasteiger partial charge in [0.25, 0.3) is 0 Å². The Morgan fingerprint density at radius 3 is 2.56 bits per heavy atom. The Hall–Kier alpha value is -0.330. The summed E-state index contributed by atoms with van der Waals surface area (Å²) in [5, 5.41) is 3.16. The van der Waals surface area contributed by atoms with Crippen LogP contribution in [0, 0.1) is 5.92 Å². The maximum Gasteiger partial charge on any atom is 0.227 e. The highest BCUT2D eigenvalue weighted by Gasteiger charge is 2.42. The average Bonchev–Trinajstić information content (AvgIpc) is 2.74. The minimum Gasteiger partial charge on any atom is -0.340 e. The Bertz CT molecular complexity index is 416. The zero-order valence-electron chi connectivity index (χ0n) is 10.8. The monoisotopic (exact) mass is 296 g/mol. The number of sulfone groups is 1. The van der Waals surface area contributed by atoms with Gasteiger partial charge in [-0.25, -0.2) is 8.42 Å². The molecule has 1 unspecified atom stereocenters.